The van der Waals surface area contributed by atoms with Crippen LogP contribution in [0.2, 0.25) is 0 Å². The number of aromatic nitrogens is 4. The summed E-state index contributed by atoms with van der Waals surface area (Å²) in [4.78, 5) is 18.5. The molecule has 0 bridgehead atoms. The number of pyridine rings is 1. The van der Waals surface area contributed by atoms with E-state index in [2.05, 4.69) is 26.3 Å². The van der Waals surface area contributed by atoms with Crippen LogP contribution in [0.1, 0.15) is 32.9 Å². The minimum Gasteiger partial charge on any atom is -0.341 e. The molecule has 1 N–H and O–H groups in total. The maximum atomic E-state index is 12.4. The second-order valence-corrected chi connectivity index (χ2v) is 7.46. The number of alkyl halides is 3. The van der Waals surface area contributed by atoms with Crippen molar-refractivity contribution in [3.63, 3.8) is 0 Å². The molecule has 0 unspecified atom stereocenters. The number of nitrogens with one attached hydrogen (secondary N) is 1. The normalized spacial score (nSPS) is 14.3. The van der Waals surface area contributed by atoms with E-state index in [1.54, 1.807) is 19.3 Å². The largest absolute Gasteiger partial charge is 0.405 e. The smallest absolute Gasteiger partial charge is 0.341 e. The molecule has 1 aromatic carbocycles. The first-order valence-corrected chi connectivity index (χ1v) is 9.81. The SMILES string of the molecule is Cc1c(C(=O)NCC(F)(F)F)nnn1-c1cccc2c1CCN(Cc1ccncc1)C2. The Bertz CT molecular complexity index is 1080. The molecular weight excluding hydrogens is 409 g/mol. The predicted octanol–water partition coefficient (Wildman–Crippen LogP) is 2.82. The lowest BCUT2D eigenvalue weighted by Gasteiger charge is -2.30. The topological polar surface area (TPSA) is 75.9 Å². The van der Waals surface area contributed by atoms with Crippen LogP contribution in [0.25, 0.3) is 5.69 Å². The lowest BCUT2D eigenvalue weighted by molar-refractivity contribution is -0.123. The molecule has 2 aromatic heterocycles. The predicted molar refractivity (Wildman–Crippen MR) is 107 cm³/mol. The maximum Gasteiger partial charge on any atom is 0.405 e. The van der Waals surface area contributed by atoms with Crippen molar-refractivity contribution in [3.8, 4) is 5.69 Å². The molecule has 1 amide bonds. The molecule has 3 aromatic rings. The van der Waals surface area contributed by atoms with Gasteiger partial charge in [-0.15, -0.1) is 5.10 Å². The van der Waals surface area contributed by atoms with E-state index in [0.29, 0.717) is 5.69 Å². The zero-order valence-corrected chi connectivity index (χ0v) is 16.9. The van der Waals surface area contributed by atoms with E-state index in [9.17, 15) is 18.0 Å². The molecule has 0 aliphatic carbocycles. The molecule has 0 radical (unpaired) electrons. The van der Waals surface area contributed by atoms with E-state index in [4.69, 9.17) is 0 Å². The van der Waals surface area contributed by atoms with Crippen molar-refractivity contribution in [2.24, 2.45) is 0 Å². The average molecular weight is 430 g/mol. The van der Waals surface area contributed by atoms with Gasteiger partial charge in [-0.3, -0.25) is 14.7 Å². The van der Waals surface area contributed by atoms with Crippen molar-refractivity contribution >= 4 is 5.91 Å². The van der Waals surface area contributed by atoms with Crippen LogP contribution in [-0.4, -0.2) is 50.1 Å². The van der Waals surface area contributed by atoms with E-state index in [1.165, 1.54) is 10.2 Å². The fraction of sp³-hybridized carbons (Fsp3) is 0.333. The summed E-state index contributed by atoms with van der Waals surface area (Å²) in [5.41, 5.74) is 4.51. The summed E-state index contributed by atoms with van der Waals surface area (Å²) in [6.45, 7) is 2.64. The van der Waals surface area contributed by atoms with Crippen molar-refractivity contribution in [3.05, 3.63) is 70.8 Å². The van der Waals surface area contributed by atoms with Crippen LogP contribution < -0.4 is 5.32 Å². The summed E-state index contributed by atoms with van der Waals surface area (Å²) < 4.78 is 38.7. The lowest BCUT2D eigenvalue weighted by Crippen LogP contribution is -2.34. The third-order valence-electron chi connectivity index (χ3n) is 5.26. The van der Waals surface area contributed by atoms with Crippen LogP contribution in [0.3, 0.4) is 0 Å². The van der Waals surface area contributed by atoms with E-state index in [0.717, 1.165) is 42.9 Å². The Labute approximate surface area is 176 Å². The Morgan fingerprint density at radius 1 is 1.19 bits per heavy atom. The Balaban J connectivity index is 1.54. The van der Waals surface area contributed by atoms with E-state index in [-0.39, 0.29) is 5.69 Å². The number of nitrogens with zero attached hydrogens (tertiary/aromatic N) is 5. The Hall–Kier alpha value is -3.27. The zero-order valence-electron chi connectivity index (χ0n) is 16.9. The molecular formula is C21H21F3N6O. The van der Waals surface area contributed by atoms with Crippen LogP contribution >= 0.6 is 0 Å². The summed E-state index contributed by atoms with van der Waals surface area (Å²) in [7, 11) is 0. The minimum atomic E-state index is -4.49. The molecule has 10 heteroatoms. The van der Waals surface area contributed by atoms with E-state index >= 15 is 0 Å². The van der Waals surface area contributed by atoms with Gasteiger partial charge >= 0.3 is 6.18 Å². The monoisotopic (exact) mass is 430 g/mol. The third-order valence-corrected chi connectivity index (χ3v) is 5.26. The highest BCUT2D eigenvalue weighted by Gasteiger charge is 2.29. The van der Waals surface area contributed by atoms with Gasteiger partial charge in [-0.1, -0.05) is 17.3 Å². The summed E-state index contributed by atoms with van der Waals surface area (Å²) in [6, 6.07) is 9.85. The van der Waals surface area contributed by atoms with Gasteiger partial charge in [0.15, 0.2) is 5.69 Å². The lowest BCUT2D eigenvalue weighted by atomic mass is 9.97. The highest BCUT2D eigenvalue weighted by atomic mass is 19.4. The molecule has 0 atom stereocenters. The first-order chi connectivity index (χ1) is 14.8. The number of hydrogen-bond donors (Lipinski definition) is 1. The Morgan fingerprint density at radius 3 is 2.71 bits per heavy atom. The van der Waals surface area contributed by atoms with Gasteiger partial charge < -0.3 is 5.32 Å². The van der Waals surface area contributed by atoms with Gasteiger partial charge in [0.2, 0.25) is 0 Å². The first-order valence-electron chi connectivity index (χ1n) is 9.81. The number of fused-ring (bicyclic) bond motifs is 1. The highest BCUT2D eigenvalue weighted by molar-refractivity contribution is 5.93. The van der Waals surface area contributed by atoms with Crippen LogP contribution in [-0.2, 0) is 19.5 Å². The van der Waals surface area contributed by atoms with E-state index < -0.39 is 18.6 Å². The second-order valence-electron chi connectivity index (χ2n) is 7.46. The molecule has 0 fully saturated rings. The quantitative estimate of drug-likeness (QED) is 0.674. The molecule has 31 heavy (non-hydrogen) atoms. The zero-order chi connectivity index (χ0) is 22.0. The van der Waals surface area contributed by atoms with Crippen molar-refractivity contribution in [1.82, 2.24) is 30.2 Å². The standard InChI is InChI=1S/C21H21F3N6O/c1-14-19(20(31)26-13-21(22,23)24)27-28-30(14)18-4-2-3-16-12-29(10-7-17(16)18)11-15-5-8-25-9-6-15/h2-6,8-9H,7,10-13H2,1H3,(H,26,31). The van der Waals surface area contributed by atoms with Crippen LogP contribution in [0.5, 0.6) is 0 Å². The molecule has 7 nitrogen and oxygen atoms in total. The Kier molecular flexibility index (Phi) is 5.73. The molecule has 162 valence electrons. The summed E-state index contributed by atoms with van der Waals surface area (Å²) in [5.74, 6) is -0.894. The van der Waals surface area contributed by atoms with E-state index in [1.807, 2.05) is 29.6 Å². The summed E-state index contributed by atoms with van der Waals surface area (Å²) >= 11 is 0. The van der Waals surface area contributed by atoms with Crippen molar-refractivity contribution in [1.29, 1.82) is 0 Å². The average Bonchev–Trinajstić information content (AvgIpc) is 3.13. The number of hydrogen-bond acceptors (Lipinski definition) is 5. The molecule has 3 heterocycles. The minimum absolute atomic E-state index is 0.114. The van der Waals surface area contributed by atoms with Gasteiger partial charge in [0, 0.05) is 32.0 Å². The van der Waals surface area contributed by atoms with Gasteiger partial charge in [-0.25, -0.2) is 4.68 Å². The van der Waals surface area contributed by atoms with Crippen LogP contribution in [0, 0.1) is 6.92 Å². The van der Waals surface area contributed by atoms with Crippen molar-refractivity contribution in [2.75, 3.05) is 13.1 Å². The van der Waals surface area contributed by atoms with Crippen LogP contribution in [0.4, 0.5) is 13.2 Å². The number of carbonyl (C=O) groups is 1. The first kappa shape index (κ1) is 21.0. The number of rotatable bonds is 5. The summed E-state index contributed by atoms with van der Waals surface area (Å²) in [5, 5.41) is 9.72. The fourth-order valence-corrected chi connectivity index (χ4v) is 3.76. The third kappa shape index (κ3) is 4.74. The maximum absolute atomic E-state index is 12.4. The number of amides is 1. The molecule has 0 spiro atoms. The van der Waals surface area contributed by atoms with Crippen molar-refractivity contribution in [2.45, 2.75) is 32.6 Å². The number of carbonyl (C=O) groups excluding carboxylic acids is 1. The number of benzene rings is 1. The van der Waals surface area contributed by atoms with Gasteiger partial charge in [0.05, 0.1) is 11.4 Å². The highest BCUT2D eigenvalue weighted by Crippen LogP contribution is 2.27. The van der Waals surface area contributed by atoms with Crippen LogP contribution in [0.15, 0.2) is 42.7 Å². The Morgan fingerprint density at radius 2 is 1.97 bits per heavy atom. The van der Waals surface area contributed by atoms with Gasteiger partial charge in [-0.2, -0.15) is 13.2 Å². The van der Waals surface area contributed by atoms with Gasteiger partial charge in [0.1, 0.15) is 6.54 Å². The molecule has 1 aliphatic heterocycles. The molecule has 0 saturated carbocycles. The molecule has 4 rings (SSSR count). The van der Waals surface area contributed by atoms with Gasteiger partial charge in [-0.05, 0) is 48.2 Å². The molecule has 0 saturated heterocycles. The molecule has 1 aliphatic rings. The summed E-state index contributed by atoms with van der Waals surface area (Å²) in [6.07, 6.45) is -0.145. The second kappa shape index (κ2) is 8.46. The van der Waals surface area contributed by atoms with Gasteiger partial charge in [0.25, 0.3) is 5.91 Å². The fourth-order valence-electron chi connectivity index (χ4n) is 3.76. The number of halogens is 3. The van der Waals surface area contributed by atoms with Crippen molar-refractivity contribution < 1.29 is 18.0 Å².